The van der Waals surface area contributed by atoms with Gasteiger partial charge < -0.3 is 4.90 Å². The number of aliphatic imine (C=N–C) groups is 1. The minimum absolute atomic E-state index is 0.649. The van der Waals surface area contributed by atoms with Gasteiger partial charge in [0.15, 0.2) is 0 Å². The Kier molecular flexibility index (Phi) is 4.17. The van der Waals surface area contributed by atoms with Gasteiger partial charge in [0.1, 0.15) is 0 Å². The van der Waals surface area contributed by atoms with E-state index in [0.717, 1.165) is 13.1 Å². The van der Waals surface area contributed by atoms with Gasteiger partial charge in [-0.2, -0.15) is 0 Å². The lowest BCUT2D eigenvalue weighted by Crippen LogP contribution is -2.50. The maximum absolute atomic E-state index is 11.1. The van der Waals surface area contributed by atoms with Crippen LogP contribution in [0.15, 0.2) is 4.99 Å². The summed E-state index contributed by atoms with van der Waals surface area (Å²) >= 11 is 0. The molecule has 0 bridgehead atoms. The second-order valence-electron chi connectivity index (χ2n) is 2.78. The topological polar surface area (TPSA) is 70.7 Å². The predicted molar refractivity (Wildman–Crippen MR) is 54.7 cm³/mol. The van der Waals surface area contributed by atoms with Gasteiger partial charge in [-0.1, -0.05) is 0 Å². The van der Waals surface area contributed by atoms with Gasteiger partial charge in [-0.3, -0.25) is 14.6 Å². The lowest BCUT2D eigenvalue weighted by Gasteiger charge is -2.28. The minimum atomic E-state index is -0.649. The highest BCUT2D eigenvalue weighted by atomic mass is 32.2. The van der Waals surface area contributed by atoms with E-state index in [1.165, 1.54) is 0 Å². The Morgan fingerprint density at radius 1 is 1.62 bits per heavy atom. The van der Waals surface area contributed by atoms with Crippen molar-refractivity contribution in [1.82, 2.24) is 10.3 Å². The molecule has 1 aliphatic rings. The molecule has 0 saturated carbocycles. The van der Waals surface area contributed by atoms with Gasteiger partial charge in [0, 0.05) is 41.9 Å². The van der Waals surface area contributed by atoms with Gasteiger partial charge in [0.25, 0.3) is 0 Å². The number of guanidine groups is 1. The normalized spacial score (nSPS) is 20.5. The number of nitrogens with two attached hydrogens (primary N) is 1. The van der Waals surface area contributed by atoms with Crippen LogP contribution in [0, 0.1) is 0 Å². The summed E-state index contributed by atoms with van der Waals surface area (Å²) in [5.41, 5.74) is 2.56. The van der Waals surface area contributed by atoms with Crippen molar-refractivity contribution in [2.45, 2.75) is 6.92 Å². The van der Waals surface area contributed by atoms with Crippen molar-refractivity contribution in [2.24, 2.45) is 10.8 Å². The first-order valence-corrected chi connectivity index (χ1v) is 5.87. The predicted octanol–water partition coefficient (Wildman–Crippen LogP) is -1.11. The van der Waals surface area contributed by atoms with Crippen molar-refractivity contribution < 1.29 is 4.21 Å². The average molecular weight is 204 g/mol. The molecule has 1 aliphatic heterocycles. The third kappa shape index (κ3) is 2.96. The molecule has 13 heavy (non-hydrogen) atoms. The molecule has 0 aromatic carbocycles. The van der Waals surface area contributed by atoms with E-state index in [4.69, 9.17) is 5.84 Å². The zero-order chi connectivity index (χ0) is 9.68. The first-order chi connectivity index (χ1) is 6.27. The number of hydrogen-bond donors (Lipinski definition) is 2. The monoisotopic (exact) mass is 204 g/mol. The molecule has 76 valence electrons. The van der Waals surface area contributed by atoms with Crippen LogP contribution in [0.4, 0.5) is 0 Å². The number of nitrogens with one attached hydrogen (secondary N) is 1. The largest absolute Gasteiger partial charge is 0.340 e. The summed E-state index contributed by atoms with van der Waals surface area (Å²) in [6.45, 7) is 4.21. The van der Waals surface area contributed by atoms with Gasteiger partial charge in [0.2, 0.25) is 5.96 Å². The Labute approximate surface area is 80.8 Å². The van der Waals surface area contributed by atoms with Crippen LogP contribution < -0.4 is 11.3 Å². The molecule has 1 saturated heterocycles. The van der Waals surface area contributed by atoms with Crippen LogP contribution in [-0.2, 0) is 10.8 Å². The van der Waals surface area contributed by atoms with Crippen molar-refractivity contribution in [3.05, 3.63) is 0 Å². The third-order valence-electron chi connectivity index (χ3n) is 1.91. The molecular formula is C7H16N4OS. The Hall–Kier alpha value is -0.620. The fourth-order valence-electron chi connectivity index (χ4n) is 1.24. The standard InChI is InChI=1S/C7H16N4OS/c1-2-9-7(10-8)11-3-5-13(12)6-4-11/h2-6,8H2,1H3,(H,9,10). The number of nitrogens with zero attached hydrogens (tertiary/aromatic N) is 2. The molecule has 0 spiro atoms. The Balaban J connectivity index is 2.51. The Morgan fingerprint density at radius 2 is 2.23 bits per heavy atom. The van der Waals surface area contributed by atoms with Crippen LogP contribution >= 0.6 is 0 Å². The SMILES string of the molecule is CCN=C(NN)N1CCS(=O)CC1. The van der Waals surface area contributed by atoms with E-state index in [-0.39, 0.29) is 0 Å². The van der Waals surface area contributed by atoms with E-state index in [9.17, 15) is 4.21 Å². The summed E-state index contributed by atoms with van der Waals surface area (Å²) in [6, 6.07) is 0. The molecule has 1 heterocycles. The summed E-state index contributed by atoms with van der Waals surface area (Å²) in [6.07, 6.45) is 0. The molecule has 3 N–H and O–H groups in total. The van der Waals surface area contributed by atoms with Gasteiger partial charge >= 0.3 is 0 Å². The molecule has 0 amide bonds. The van der Waals surface area contributed by atoms with E-state index >= 15 is 0 Å². The van der Waals surface area contributed by atoms with E-state index < -0.39 is 10.8 Å². The molecule has 6 heteroatoms. The molecule has 0 atom stereocenters. The summed E-state index contributed by atoms with van der Waals surface area (Å²) < 4.78 is 11.1. The van der Waals surface area contributed by atoms with E-state index in [1.807, 2.05) is 11.8 Å². The number of rotatable bonds is 1. The Morgan fingerprint density at radius 3 is 2.69 bits per heavy atom. The van der Waals surface area contributed by atoms with Crippen LogP contribution in [-0.4, -0.2) is 46.2 Å². The zero-order valence-corrected chi connectivity index (χ0v) is 8.64. The van der Waals surface area contributed by atoms with Crippen LogP contribution in [0.3, 0.4) is 0 Å². The maximum Gasteiger partial charge on any atom is 0.208 e. The van der Waals surface area contributed by atoms with Crippen molar-refractivity contribution in [3.8, 4) is 0 Å². The second-order valence-corrected chi connectivity index (χ2v) is 4.47. The number of hydrogen-bond acceptors (Lipinski definition) is 3. The Bertz CT molecular complexity index is 209. The molecule has 1 rings (SSSR count). The highest BCUT2D eigenvalue weighted by Crippen LogP contribution is 1.99. The molecule has 5 nitrogen and oxygen atoms in total. The van der Waals surface area contributed by atoms with Crippen molar-refractivity contribution >= 4 is 16.8 Å². The highest BCUT2D eigenvalue weighted by Gasteiger charge is 2.17. The van der Waals surface area contributed by atoms with Crippen LogP contribution in [0.5, 0.6) is 0 Å². The molecular weight excluding hydrogens is 188 g/mol. The highest BCUT2D eigenvalue weighted by molar-refractivity contribution is 7.85. The van der Waals surface area contributed by atoms with Crippen molar-refractivity contribution in [1.29, 1.82) is 0 Å². The van der Waals surface area contributed by atoms with Crippen LogP contribution in [0.25, 0.3) is 0 Å². The first kappa shape index (κ1) is 10.5. The molecule has 0 aliphatic carbocycles. The van der Waals surface area contributed by atoms with Gasteiger partial charge in [-0.05, 0) is 6.92 Å². The minimum Gasteiger partial charge on any atom is -0.340 e. The second kappa shape index (κ2) is 5.18. The molecule has 0 aromatic rings. The van der Waals surface area contributed by atoms with Crippen LogP contribution in [0.2, 0.25) is 0 Å². The van der Waals surface area contributed by atoms with Crippen LogP contribution in [0.1, 0.15) is 6.92 Å². The molecule has 0 radical (unpaired) electrons. The van der Waals surface area contributed by atoms with Gasteiger partial charge in [0.05, 0.1) is 0 Å². The van der Waals surface area contributed by atoms with Crippen molar-refractivity contribution in [3.63, 3.8) is 0 Å². The zero-order valence-electron chi connectivity index (χ0n) is 7.82. The third-order valence-corrected chi connectivity index (χ3v) is 3.19. The molecule has 0 unspecified atom stereocenters. The van der Waals surface area contributed by atoms with Gasteiger partial charge in [-0.15, -0.1) is 0 Å². The lowest BCUT2D eigenvalue weighted by molar-refractivity contribution is 0.437. The van der Waals surface area contributed by atoms with E-state index in [2.05, 4.69) is 10.4 Å². The summed E-state index contributed by atoms with van der Waals surface area (Å²) in [5.74, 6) is 7.46. The smallest absolute Gasteiger partial charge is 0.208 e. The first-order valence-electron chi connectivity index (χ1n) is 4.39. The quantitative estimate of drug-likeness (QED) is 0.246. The maximum atomic E-state index is 11.1. The summed E-state index contributed by atoms with van der Waals surface area (Å²) in [7, 11) is -0.649. The fraction of sp³-hybridized carbons (Fsp3) is 0.857. The summed E-state index contributed by atoms with van der Waals surface area (Å²) in [5, 5.41) is 0. The lowest BCUT2D eigenvalue weighted by atomic mass is 10.5. The van der Waals surface area contributed by atoms with E-state index in [0.29, 0.717) is 24.0 Å². The van der Waals surface area contributed by atoms with E-state index in [1.54, 1.807) is 0 Å². The summed E-state index contributed by atoms with van der Waals surface area (Å²) in [4.78, 5) is 6.23. The number of hydrazine groups is 1. The van der Waals surface area contributed by atoms with Crippen molar-refractivity contribution in [2.75, 3.05) is 31.1 Å². The van der Waals surface area contributed by atoms with Gasteiger partial charge in [-0.25, -0.2) is 5.84 Å². The fourth-order valence-corrected chi connectivity index (χ4v) is 2.29. The molecule has 0 aromatic heterocycles. The average Bonchev–Trinajstić information content (AvgIpc) is 2.16. The molecule has 1 fully saturated rings.